The predicted octanol–water partition coefficient (Wildman–Crippen LogP) is 2.32. The van der Waals surface area contributed by atoms with Crippen LogP contribution in [0.25, 0.3) is 0 Å². The molecule has 0 atom stereocenters. The van der Waals surface area contributed by atoms with Gasteiger partial charge in [-0.15, -0.1) is 24.0 Å². The second kappa shape index (κ2) is 13.9. The SMILES string of the molecule is CN=C(NCCCNC(=O)OC(C)(C)C)NCCNS(=O)(=O)c1cccc(Cl)c1.I. The van der Waals surface area contributed by atoms with Crippen LogP contribution in [0.4, 0.5) is 4.79 Å². The highest BCUT2D eigenvalue weighted by Crippen LogP contribution is 2.14. The van der Waals surface area contributed by atoms with Crippen molar-refractivity contribution in [3.63, 3.8) is 0 Å². The van der Waals surface area contributed by atoms with Gasteiger partial charge >= 0.3 is 6.09 Å². The van der Waals surface area contributed by atoms with Crippen LogP contribution in [0.3, 0.4) is 0 Å². The number of alkyl carbamates (subject to hydrolysis) is 1. The summed E-state index contributed by atoms with van der Waals surface area (Å²) in [5.74, 6) is 0.532. The molecule has 0 heterocycles. The molecule has 0 unspecified atom stereocenters. The highest BCUT2D eigenvalue weighted by molar-refractivity contribution is 14.0. The molecule has 0 saturated carbocycles. The Kier molecular flexibility index (Phi) is 13.3. The van der Waals surface area contributed by atoms with Crippen molar-refractivity contribution in [2.45, 2.75) is 37.7 Å². The molecule has 1 rings (SSSR count). The van der Waals surface area contributed by atoms with Crippen LogP contribution in [0.1, 0.15) is 27.2 Å². The summed E-state index contributed by atoms with van der Waals surface area (Å²) < 4.78 is 32.0. The Morgan fingerprint density at radius 1 is 1.10 bits per heavy atom. The zero-order valence-electron chi connectivity index (χ0n) is 17.6. The summed E-state index contributed by atoms with van der Waals surface area (Å²) in [6.07, 6.45) is 0.216. The summed E-state index contributed by atoms with van der Waals surface area (Å²) in [7, 11) is -2.00. The summed E-state index contributed by atoms with van der Waals surface area (Å²) >= 11 is 5.83. The minimum atomic E-state index is -3.62. The third kappa shape index (κ3) is 12.4. The van der Waals surface area contributed by atoms with E-state index in [0.29, 0.717) is 37.0 Å². The molecule has 0 fully saturated rings. The van der Waals surface area contributed by atoms with Gasteiger partial charge in [0, 0.05) is 38.2 Å². The Hall–Kier alpha value is -1.31. The van der Waals surface area contributed by atoms with Gasteiger partial charge in [0.1, 0.15) is 5.60 Å². The molecule has 1 aromatic carbocycles. The first kappa shape index (κ1) is 28.7. The molecule has 0 radical (unpaired) electrons. The Morgan fingerprint density at radius 3 is 2.33 bits per heavy atom. The zero-order chi connectivity index (χ0) is 21.9. The van der Waals surface area contributed by atoms with Gasteiger partial charge in [-0.3, -0.25) is 4.99 Å². The molecule has 0 bridgehead atoms. The Bertz CT molecular complexity index is 800. The van der Waals surface area contributed by atoms with Crippen LogP contribution in [0.2, 0.25) is 5.02 Å². The second-order valence-electron chi connectivity index (χ2n) is 7.06. The first-order chi connectivity index (χ1) is 13.5. The predicted molar refractivity (Wildman–Crippen MR) is 130 cm³/mol. The number of benzene rings is 1. The number of ether oxygens (including phenoxy) is 1. The van der Waals surface area contributed by atoms with E-state index in [1.54, 1.807) is 40.0 Å². The van der Waals surface area contributed by atoms with Gasteiger partial charge < -0.3 is 20.7 Å². The number of sulfonamides is 1. The lowest BCUT2D eigenvalue weighted by molar-refractivity contribution is 0.0527. The van der Waals surface area contributed by atoms with Gasteiger partial charge in [0.05, 0.1) is 4.90 Å². The number of nitrogens with zero attached hydrogens (tertiary/aromatic N) is 1. The zero-order valence-corrected chi connectivity index (χ0v) is 21.5. The van der Waals surface area contributed by atoms with Crippen molar-refractivity contribution in [2.75, 3.05) is 33.2 Å². The molecular formula is C18H31ClIN5O4S. The number of amides is 1. The van der Waals surface area contributed by atoms with Gasteiger partial charge in [0.15, 0.2) is 5.96 Å². The third-order valence-electron chi connectivity index (χ3n) is 3.35. The Morgan fingerprint density at radius 2 is 1.73 bits per heavy atom. The number of nitrogens with one attached hydrogen (secondary N) is 4. The van der Waals surface area contributed by atoms with Crippen LogP contribution in [-0.4, -0.2) is 59.3 Å². The monoisotopic (exact) mass is 575 g/mol. The van der Waals surface area contributed by atoms with E-state index in [9.17, 15) is 13.2 Å². The molecule has 0 saturated heterocycles. The summed E-state index contributed by atoms with van der Waals surface area (Å²) in [4.78, 5) is 15.7. The van der Waals surface area contributed by atoms with Crippen LogP contribution in [-0.2, 0) is 14.8 Å². The van der Waals surface area contributed by atoms with E-state index in [-0.39, 0.29) is 35.4 Å². The average molecular weight is 576 g/mol. The molecule has 4 N–H and O–H groups in total. The van der Waals surface area contributed by atoms with Crippen LogP contribution in [0, 0.1) is 0 Å². The Labute approximate surface area is 200 Å². The normalized spacial score (nSPS) is 12.0. The maximum Gasteiger partial charge on any atom is 0.407 e. The molecule has 172 valence electrons. The quantitative estimate of drug-likeness (QED) is 0.155. The number of halogens is 2. The van der Waals surface area contributed by atoms with Gasteiger partial charge in [0.2, 0.25) is 10.0 Å². The molecule has 0 aliphatic heterocycles. The number of aliphatic imine (C=N–C) groups is 1. The van der Waals surface area contributed by atoms with E-state index >= 15 is 0 Å². The highest BCUT2D eigenvalue weighted by Gasteiger charge is 2.15. The van der Waals surface area contributed by atoms with Crippen LogP contribution >= 0.6 is 35.6 Å². The van der Waals surface area contributed by atoms with E-state index in [1.165, 1.54) is 12.1 Å². The molecule has 1 aromatic rings. The van der Waals surface area contributed by atoms with Gasteiger partial charge in [-0.25, -0.2) is 17.9 Å². The first-order valence-corrected chi connectivity index (χ1v) is 11.1. The standard InChI is InChI=1S/C18H30ClN5O4S.HI/c1-18(2,3)28-17(25)23-10-6-9-21-16(20-4)22-11-12-24-29(26,27)15-8-5-7-14(19)13-15;/h5,7-8,13,24H,6,9-12H2,1-4H3,(H,23,25)(H2,20,21,22);1H. The average Bonchev–Trinajstić information content (AvgIpc) is 2.61. The van der Waals surface area contributed by atoms with Crippen molar-refractivity contribution in [1.29, 1.82) is 0 Å². The molecule has 9 nitrogen and oxygen atoms in total. The number of carbonyl (C=O) groups is 1. The minimum absolute atomic E-state index is 0. The van der Waals surface area contributed by atoms with Crippen LogP contribution in [0.15, 0.2) is 34.2 Å². The molecule has 0 spiro atoms. The summed E-state index contributed by atoms with van der Waals surface area (Å²) in [6, 6.07) is 6.07. The summed E-state index contributed by atoms with van der Waals surface area (Å²) in [5, 5.41) is 9.12. The molecule has 1 amide bonds. The maximum absolute atomic E-state index is 12.2. The van der Waals surface area contributed by atoms with Crippen molar-refractivity contribution >= 4 is 57.7 Å². The number of carbonyl (C=O) groups excluding carboxylic acids is 1. The minimum Gasteiger partial charge on any atom is -0.444 e. The number of hydrogen-bond donors (Lipinski definition) is 4. The van der Waals surface area contributed by atoms with Crippen LogP contribution < -0.4 is 20.7 Å². The van der Waals surface area contributed by atoms with Gasteiger partial charge in [-0.1, -0.05) is 17.7 Å². The van der Waals surface area contributed by atoms with Crippen molar-refractivity contribution in [3.05, 3.63) is 29.3 Å². The number of guanidine groups is 1. The molecular weight excluding hydrogens is 545 g/mol. The van der Waals surface area contributed by atoms with E-state index in [4.69, 9.17) is 16.3 Å². The van der Waals surface area contributed by atoms with E-state index in [0.717, 1.165) is 0 Å². The van der Waals surface area contributed by atoms with E-state index in [2.05, 4.69) is 25.7 Å². The summed E-state index contributed by atoms with van der Waals surface area (Å²) in [6.45, 7) is 6.96. The highest BCUT2D eigenvalue weighted by atomic mass is 127. The van der Waals surface area contributed by atoms with Crippen LogP contribution in [0.5, 0.6) is 0 Å². The number of rotatable bonds is 9. The molecule has 0 aliphatic rings. The Balaban J connectivity index is 0.00000841. The van der Waals surface area contributed by atoms with Crippen molar-refractivity contribution in [1.82, 2.24) is 20.7 Å². The fourth-order valence-electron chi connectivity index (χ4n) is 2.10. The summed E-state index contributed by atoms with van der Waals surface area (Å²) in [5.41, 5.74) is -0.525. The van der Waals surface area contributed by atoms with E-state index in [1.807, 2.05) is 0 Å². The van der Waals surface area contributed by atoms with Crippen molar-refractivity contribution < 1.29 is 17.9 Å². The smallest absolute Gasteiger partial charge is 0.407 e. The van der Waals surface area contributed by atoms with E-state index < -0.39 is 21.7 Å². The van der Waals surface area contributed by atoms with Crippen molar-refractivity contribution in [2.24, 2.45) is 4.99 Å². The largest absolute Gasteiger partial charge is 0.444 e. The third-order valence-corrected chi connectivity index (χ3v) is 5.05. The number of hydrogen-bond acceptors (Lipinski definition) is 5. The lowest BCUT2D eigenvalue weighted by Gasteiger charge is -2.19. The maximum atomic E-state index is 12.2. The second-order valence-corrected chi connectivity index (χ2v) is 9.27. The lowest BCUT2D eigenvalue weighted by Crippen LogP contribution is -2.42. The van der Waals surface area contributed by atoms with Gasteiger partial charge in [-0.05, 0) is 45.4 Å². The van der Waals surface area contributed by atoms with Gasteiger partial charge in [-0.2, -0.15) is 0 Å². The topological polar surface area (TPSA) is 121 Å². The lowest BCUT2D eigenvalue weighted by atomic mass is 10.2. The first-order valence-electron chi connectivity index (χ1n) is 9.20. The van der Waals surface area contributed by atoms with Gasteiger partial charge in [0.25, 0.3) is 0 Å². The molecule has 0 aromatic heterocycles. The molecule has 12 heteroatoms. The fraction of sp³-hybridized carbons (Fsp3) is 0.556. The fourth-order valence-corrected chi connectivity index (χ4v) is 3.44. The molecule has 30 heavy (non-hydrogen) atoms. The van der Waals surface area contributed by atoms with Crippen molar-refractivity contribution in [3.8, 4) is 0 Å². The molecule has 0 aliphatic carbocycles.